The fourth-order valence-corrected chi connectivity index (χ4v) is 2.90. The Morgan fingerprint density at radius 2 is 1.95 bits per heavy atom. The molecular weight excluding hydrogens is 268 g/mol. The summed E-state index contributed by atoms with van der Waals surface area (Å²) in [6.45, 7) is 2.24. The highest BCUT2D eigenvalue weighted by Crippen LogP contribution is 2.25. The first-order chi connectivity index (χ1) is 10.2. The van der Waals surface area contributed by atoms with Crippen molar-refractivity contribution < 1.29 is 9.59 Å². The van der Waals surface area contributed by atoms with Gasteiger partial charge in [-0.15, -0.1) is 0 Å². The largest absolute Gasteiger partial charge is 0.354 e. The van der Waals surface area contributed by atoms with Crippen molar-refractivity contribution in [3.8, 4) is 6.07 Å². The summed E-state index contributed by atoms with van der Waals surface area (Å²) < 4.78 is 0. The van der Waals surface area contributed by atoms with Crippen LogP contribution in [0.2, 0.25) is 0 Å². The van der Waals surface area contributed by atoms with Crippen LogP contribution in [0.3, 0.4) is 0 Å². The van der Waals surface area contributed by atoms with E-state index in [4.69, 9.17) is 5.26 Å². The maximum atomic E-state index is 12.6. The van der Waals surface area contributed by atoms with Gasteiger partial charge in [-0.1, -0.05) is 0 Å². The number of hydrogen-bond acceptors (Lipinski definition) is 4. The molecule has 6 nitrogen and oxygen atoms in total. The van der Waals surface area contributed by atoms with Crippen LogP contribution in [0.5, 0.6) is 0 Å². The Morgan fingerprint density at radius 3 is 2.62 bits per heavy atom. The van der Waals surface area contributed by atoms with Crippen LogP contribution in [0, 0.1) is 11.3 Å². The second-order valence-corrected chi connectivity index (χ2v) is 5.27. The molecular formula is C15H16N4O2. The van der Waals surface area contributed by atoms with Crippen molar-refractivity contribution in [3.63, 3.8) is 0 Å². The molecule has 6 heteroatoms. The molecule has 2 aliphatic heterocycles. The number of piperazine rings is 1. The number of anilines is 1. The molecule has 21 heavy (non-hydrogen) atoms. The Labute approximate surface area is 122 Å². The van der Waals surface area contributed by atoms with Crippen LogP contribution in [0.4, 0.5) is 5.69 Å². The Kier molecular flexibility index (Phi) is 3.59. The van der Waals surface area contributed by atoms with E-state index in [0.29, 0.717) is 25.2 Å². The van der Waals surface area contributed by atoms with E-state index in [1.54, 1.807) is 29.2 Å². The van der Waals surface area contributed by atoms with Gasteiger partial charge in [0, 0.05) is 25.3 Å². The Morgan fingerprint density at radius 1 is 1.19 bits per heavy atom. The normalized spacial score (nSPS) is 23.0. The van der Waals surface area contributed by atoms with Crippen LogP contribution in [-0.2, 0) is 9.59 Å². The average Bonchev–Trinajstić information content (AvgIpc) is 2.89. The quantitative estimate of drug-likeness (QED) is 0.835. The molecule has 108 valence electrons. The molecule has 1 aromatic carbocycles. The van der Waals surface area contributed by atoms with Gasteiger partial charge >= 0.3 is 0 Å². The third kappa shape index (κ3) is 2.60. The predicted octanol–water partition coefficient (Wildman–Crippen LogP) is 0.0954. The lowest BCUT2D eigenvalue weighted by atomic mass is 10.2. The summed E-state index contributed by atoms with van der Waals surface area (Å²) in [5.74, 6) is 0.0141. The molecule has 2 heterocycles. The molecule has 0 bridgehead atoms. The second-order valence-electron chi connectivity index (χ2n) is 5.27. The minimum Gasteiger partial charge on any atom is -0.354 e. The number of nitrogens with zero attached hydrogens (tertiary/aromatic N) is 3. The molecule has 0 aromatic heterocycles. The molecule has 2 aliphatic rings. The molecule has 2 fully saturated rings. The monoisotopic (exact) mass is 284 g/mol. The van der Waals surface area contributed by atoms with E-state index < -0.39 is 0 Å². The maximum absolute atomic E-state index is 12.6. The van der Waals surface area contributed by atoms with Crippen LogP contribution >= 0.6 is 0 Å². The first-order valence-corrected chi connectivity index (χ1v) is 7.01. The van der Waals surface area contributed by atoms with E-state index in [9.17, 15) is 9.59 Å². The molecule has 2 amide bonds. The lowest BCUT2D eigenvalue weighted by Gasteiger charge is -2.30. The molecule has 1 aromatic rings. The van der Waals surface area contributed by atoms with Gasteiger partial charge in [0.2, 0.25) is 11.8 Å². The van der Waals surface area contributed by atoms with Crippen molar-refractivity contribution in [1.82, 2.24) is 10.2 Å². The molecule has 2 saturated heterocycles. The van der Waals surface area contributed by atoms with Gasteiger partial charge in [0.05, 0.1) is 24.2 Å². The maximum Gasteiger partial charge on any atom is 0.244 e. The SMILES string of the molecule is N#Cc1ccc(N2CCC(N3CCNC(=O)C3)C2=O)cc1. The van der Waals surface area contributed by atoms with E-state index in [0.717, 1.165) is 12.1 Å². The molecule has 0 aliphatic carbocycles. The number of nitrogens with one attached hydrogen (secondary N) is 1. The third-order valence-corrected chi connectivity index (χ3v) is 3.99. The predicted molar refractivity (Wildman–Crippen MR) is 76.5 cm³/mol. The Balaban J connectivity index is 1.73. The lowest BCUT2D eigenvalue weighted by Crippen LogP contribution is -2.53. The smallest absolute Gasteiger partial charge is 0.244 e. The molecule has 0 spiro atoms. The highest BCUT2D eigenvalue weighted by molar-refractivity contribution is 5.99. The summed E-state index contributed by atoms with van der Waals surface area (Å²) in [5.41, 5.74) is 1.39. The molecule has 0 saturated carbocycles. The van der Waals surface area contributed by atoms with Crippen molar-refractivity contribution in [2.75, 3.05) is 31.1 Å². The van der Waals surface area contributed by atoms with Gasteiger partial charge < -0.3 is 10.2 Å². The van der Waals surface area contributed by atoms with Gasteiger partial charge in [0.1, 0.15) is 0 Å². The van der Waals surface area contributed by atoms with E-state index in [-0.39, 0.29) is 24.4 Å². The Bertz CT molecular complexity index is 605. The molecule has 1 unspecified atom stereocenters. The summed E-state index contributed by atoms with van der Waals surface area (Å²) in [7, 11) is 0. The number of carbonyl (C=O) groups excluding carboxylic acids is 2. The highest BCUT2D eigenvalue weighted by atomic mass is 16.2. The number of hydrogen-bond donors (Lipinski definition) is 1. The Hall–Kier alpha value is -2.39. The average molecular weight is 284 g/mol. The van der Waals surface area contributed by atoms with Gasteiger partial charge in [0.15, 0.2) is 0 Å². The summed E-state index contributed by atoms with van der Waals surface area (Å²) in [5, 5.41) is 11.6. The first-order valence-electron chi connectivity index (χ1n) is 7.01. The van der Waals surface area contributed by atoms with Crippen LogP contribution in [0.15, 0.2) is 24.3 Å². The number of carbonyl (C=O) groups is 2. The van der Waals surface area contributed by atoms with Gasteiger partial charge in [-0.25, -0.2) is 0 Å². The second kappa shape index (κ2) is 5.54. The summed E-state index contributed by atoms with van der Waals surface area (Å²) in [4.78, 5) is 27.7. The fraction of sp³-hybridized carbons (Fsp3) is 0.400. The summed E-state index contributed by atoms with van der Waals surface area (Å²) in [6.07, 6.45) is 0.728. The molecule has 1 N–H and O–H groups in total. The number of nitriles is 1. The van der Waals surface area contributed by atoms with Gasteiger partial charge in [-0.3, -0.25) is 14.5 Å². The zero-order valence-corrected chi connectivity index (χ0v) is 11.6. The van der Waals surface area contributed by atoms with Gasteiger partial charge in [-0.2, -0.15) is 5.26 Å². The van der Waals surface area contributed by atoms with E-state index >= 15 is 0 Å². The molecule has 3 rings (SSSR count). The third-order valence-electron chi connectivity index (χ3n) is 3.99. The standard InChI is InChI=1S/C15H16N4O2/c16-9-11-1-3-12(4-2-11)19-7-5-13(15(19)21)18-8-6-17-14(20)10-18/h1-4,13H,5-8,10H2,(H,17,20). The van der Waals surface area contributed by atoms with Crippen LogP contribution < -0.4 is 10.2 Å². The van der Waals surface area contributed by atoms with Crippen molar-refractivity contribution in [2.24, 2.45) is 0 Å². The van der Waals surface area contributed by atoms with E-state index in [2.05, 4.69) is 11.4 Å². The van der Waals surface area contributed by atoms with Crippen LogP contribution in [-0.4, -0.2) is 48.9 Å². The lowest BCUT2D eigenvalue weighted by molar-refractivity contribution is -0.128. The van der Waals surface area contributed by atoms with Gasteiger partial charge in [0.25, 0.3) is 0 Å². The van der Waals surface area contributed by atoms with Crippen LogP contribution in [0.25, 0.3) is 0 Å². The first kappa shape index (κ1) is 13.6. The number of amides is 2. The highest BCUT2D eigenvalue weighted by Gasteiger charge is 2.38. The molecule has 1 atom stereocenters. The number of rotatable bonds is 2. The topological polar surface area (TPSA) is 76.4 Å². The minimum atomic E-state index is -0.216. The molecule has 0 radical (unpaired) electrons. The summed E-state index contributed by atoms with van der Waals surface area (Å²) in [6, 6.07) is 8.86. The van der Waals surface area contributed by atoms with E-state index in [1.165, 1.54) is 0 Å². The van der Waals surface area contributed by atoms with Gasteiger partial charge in [-0.05, 0) is 30.7 Å². The zero-order valence-electron chi connectivity index (χ0n) is 11.6. The van der Waals surface area contributed by atoms with Crippen molar-refractivity contribution in [2.45, 2.75) is 12.5 Å². The van der Waals surface area contributed by atoms with Crippen molar-refractivity contribution >= 4 is 17.5 Å². The van der Waals surface area contributed by atoms with Crippen molar-refractivity contribution in [1.29, 1.82) is 5.26 Å². The zero-order chi connectivity index (χ0) is 14.8. The summed E-state index contributed by atoms with van der Waals surface area (Å²) >= 11 is 0. The van der Waals surface area contributed by atoms with Crippen LogP contribution in [0.1, 0.15) is 12.0 Å². The number of benzene rings is 1. The van der Waals surface area contributed by atoms with Crippen molar-refractivity contribution in [3.05, 3.63) is 29.8 Å². The van der Waals surface area contributed by atoms with E-state index in [1.807, 2.05) is 4.90 Å². The minimum absolute atomic E-state index is 0.0223. The fourth-order valence-electron chi connectivity index (χ4n) is 2.90.